The standard InChI is InChI=1S/C12H15BrN4O/c1-2-17-12(15-8-16-17)7-18-10-3-4-11(13)9(5-10)6-14/h3-5,8H,2,6-7,14H2,1H3. The van der Waals surface area contributed by atoms with Gasteiger partial charge < -0.3 is 10.5 Å². The normalized spacial score (nSPS) is 10.6. The fourth-order valence-corrected chi connectivity index (χ4v) is 2.02. The monoisotopic (exact) mass is 310 g/mol. The van der Waals surface area contributed by atoms with Crippen molar-refractivity contribution in [1.29, 1.82) is 0 Å². The highest BCUT2D eigenvalue weighted by Crippen LogP contribution is 2.22. The largest absolute Gasteiger partial charge is 0.486 e. The minimum Gasteiger partial charge on any atom is -0.486 e. The first kappa shape index (κ1) is 13.0. The van der Waals surface area contributed by atoms with Crippen LogP contribution in [0.2, 0.25) is 0 Å². The summed E-state index contributed by atoms with van der Waals surface area (Å²) in [6.07, 6.45) is 1.54. The number of hydrogen-bond donors (Lipinski definition) is 1. The highest BCUT2D eigenvalue weighted by atomic mass is 79.9. The van der Waals surface area contributed by atoms with Gasteiger partial charge in [-0.2, -0.15) is 5.10 Å². The molecule has 0 aliphatic rings. The number of nitrogens with two attached hydrogens (primary N) is 1. The zero-order chi connectivity index (χ0) is 13.0. The van der Waals surface area contributed by atoms with Gasteiger partial charge in [0, 0.05) is 17.6 Å². The number of hydrogen-bond acceptors (Lipinski definition) is 4. The first-order valence-corrected chi connectivity index (χ1v) is 6.52. The van der Waals surface area contributed by atoms with Gasteiger partial charge >= 0.3 is 0 Å². The average Bonchev–Trinajstić information content (AvgIpc) is 2.85. The number of ether oxygens (including phenoxy) is 1. The van der Waals surface area contributed by atoms with E-state index in [0.29, 0.717) is 13.2 Å². The van der Waals surface area contributed by atoms with Gasteiger partial charge in [0.2, 0.25) is 0 Å². The van der Waals surface area contributed by atoms with E-state index >= 15 is 0 Å². The van der Waals surface area contributed by atoms with Gasteiger partial charge in [-0.3, -0.25) is 0 Å². The highest BCUT2D eigenvalue weighted by Gasteiger charge is 2.05. The maximum absolute atomic E-state index is 5.69. The van der Waals surface area contributed by atoms with E-state index in [1.807, 2.05) is 29.8 Å². The van der Waals surface area contributed by atoms with Crippen LogP contribution in [0.15, 0.2) is 29.0 Å². The fourth-order valence-electron chi connectivity index (χ4n) is 1.61. The molecule has 0 radical (unpaired) electrons. The third-order valence-electron chi connectivity index (χ3n) is 2.60. The third-order valence-corrected chi connectivity index (χ3v) is 3.37. The number of aromatic nitrogens is 3. The van der Waals surface area contributed by atoms with Crippen molar-refractivity contribution in [3.8, 4) is 5.75 Å². The molecular weight excluding hydrogens is 296 g/mol. The van der Waals surface area contributed by atoms with Crippen LogP contribution in [0.5, 0.6) is 5.75 Å². The Kier molecular flexibility index (Phi) is 4.33. The van der Waals surface area contributed by atoms with E-state index in [4.69, 9.17) is 10.5 Å². The van der Waals surface area contributed by atoms with Crippen LogP contribution in [0.1, 0.15) is 18.3 Å². The second-order valence-electron chi connectivity index (χ2n) is 3.74. The first-order valence-electron chi connectivity index (χ1n) is 5.72. The summed E-state index contributed by atoms with van der Waals surface area (Å²) in [4.78, 5) is 4.16. The Morgan fingerprint density at radius 2 is 2.28 bits per heavy atom. The fraction of sp³-hybridized carbons (Fsp3) is 0.333. The quantitative estimate of drug-likeness (QED) is 0.918. The molecule has 0 aliphatic carbocycles. The Hall–Kier alpha value is -1.40. The topological polar surface area (TPSA) is 66.0 Å². The molecule has 1 heterocycles. The van der Waals surface area contributed by atoms with Gasteiger partial charge in [0.25, 0.3) is 0 Å². The smallest absolute Gasteiger partial charge is 0.164 e. The molecule has 2 rings (SSSR count). The van der Waals surface area contributed by atoms with Gasteiger partial charge in [-0.25, -0.2) is 9.67 Å². The molecule has 1 aromatic carbocycles. The lowest BCUT2D eigenvalue weighted by Crippen LogP contribution is -2.07. The molecule has 0 bridgehead atoms. The van der Waals surface area contributed by atoms with Crippen LogP contribution in [0.4, 0.5) is 0 Å². The number of nitrogens with zero attached hydrogens (tertiary/aromatic N) is 3. The summed E-state index contributed by atoms with van der Waals surface area (Å²) >= 11 is 3.44. The maximum Gasteiger partial charge on any atom is 0.164 e. The van der Waals surface area contributed by atoms with Gasteiger partial charge in [-0.05, 0) is 30.7 Å². The first-order chi connectivity index (χ1) is 8.74. The zero-order valence-electron chi connectivity index (χ0n) is 10.1. The minimum absolute atomic E-state index is 0.402. The van der Waals surface area contributed by atoms with Crippen LogP contribution in [0.3, 0.4) is 0 Å². The molecule has 1 aromatic heterocycles. The molecule has 0 spiro atoms. The summed E-state index contributed by atoms with van der Waals surface area (Å²) in [7, 11) is 0. The maximum atomic E-state index is 5.69. The molecule has 0 atom stereocenters. The number of rotatable bonds is 5. The van der Waals surface area contributed by atoms with Crippen molar-refractivity contribution in [2.75, 3.05) is 0 Å². The Morgan fingerprint density at radius 1 is 1.44 bits per heavy atom. The highest BCUT2D eigenvalue weighted by molar-refractivity contribution is 9.10. The Balaban J connectivity index is 2.06. The lowest BCUT2D eigenvalue weighted by Gasteiger charge is -2.09. The van der Waals surface area contributed by atoms with Crippen molar-refractivity contribution >= 4 is 15.9 Å². The summed E-state index contributed by atoms with van der Waals surface area (Å²) in [5.74, 6) is 1.60. The molecule has 0 aliphatic heterocycles. The van der Waals surface area contributed by atoms with Crippen LogP contribution < -0.4 is 10.5 Å². The molecule has 2 aromatic rings. The number of halogens is 1. The van der Waals surface area contributed by atoms with Crippen molar-refractivity contribution < 1.29 is 4.74 Å². The second-order valence-corrected chi connectivity index (χ2v) is 4.59. The molecule has 0 amide bonds. The van der Waals surface area contributed by atoms with E-state index < -0.39 is 0 Å². The molecule has 6 heteroatoms. The molecule has 0 saturated carbocycles. The van der Waals surface area contributed by atoms with Gasteiger partial charge in [-0.15, -0.1) is 0 Å². The number of aryl methyl sites for hydroxylation is 1. The van der Waals surface area contributed by atoms with Gasteiger partial charge in [0.15, 0.2) is 5.82 Å². The molecular formula is C12H15BrN4O. The SMILES string of the molecule is CCn1ncnc1COc1ccc(Br)c(CN)c1. The summed E-state index contributed by atoms with van der Waals surface area (Å²) in [5.41, 5.74) is 6.66. The molecule has 18 heavy (non-hydrogen) atoms. The predicted molar refractivity (Wildman–Crippen MR) is 72.1 cm³/mol. The zero-order valence-corrected chi connectivity index (χ0v) is 11.7. The van der Waals surface area contributed by atoms with E-state index in [2.05, 4.69) is 26.0 Å². The molecule has 2 N–H and O–H groups in total. The average molecular weight is 311 g/mol. The summed E-state index contributed by atoms with van der Waals surface area (Å²) in [5, 5.41) is 4.09. The van der Waals surface area contributed by atoms with Crippen molar-refractivity contribution in [1.82, 2.24) is 14.8 Å². The van der Waals surface area contributed by atoms with E-state index in [1.54, 1.807) is 0 Å². The second kappa shape index (κ2) is 5.97. The van der Waals surface area contributed by atoms with Crippen LogP contribution >= 0.6 is 15.9 Å². The Bertz CT molecular complexity index is 527. The van der Waals surface area contributed by atoms with E-state index in [0.717, 1.165) is 28.2 Å². The lowest BCUT2D eigenvalue weighted by atomic mass is 10.2. The van der Waals surface area contributed by atoms with Crippen LogP contribution in [-0.2, 0) is 19.7 Å². The molecule has 96 valence electrons. The van der Waals surface area contributed by atoms with Crippen molar-refractivity contribution in [2.24, 2.45) is 5.73 Å². The van der Waals surface area contributed by atoms with Crippen molar-refractivity contribution in [2.45, 2.75) is 26.6 Å². The minimum atomic E-state index is 0.402. The van der Waals surface area contributed by atoms with Crippen LogP contribution in [0, 0.1) is 0 Å². The summed E-state index contributed by atoms with van der Waals surface area (Å²) in [6.45, 7) is 3.68. The van der Waals surface area contributed by atoms with Crippen molar-refractivity contribution in [3.63, 3.8) is 0 Å². The van der Waals surface area contributed by atoms with E-state index in [-0.39, 0.29) is 0 Å². The summed E-state index contributed by atoms with van der Waals surface area (Å²) < 4.78 is 8.49. The van der Waals surface area contributed by atoms with Gasteiger partial charge in [-0.1, -0.05) is 15.9 Å². The molecule has 5 nitrogen and oxygen atoms in total. The van der Waals surface area contributed by atoms with E-state index in [1.165, 1.54) is 6.33 Å². The van der Waals surface area contributed by atoms with Gasteiger partial charge in [0.1, 0.15) is 18.7 Å². The molecule has 0 unspecified atom stereocenters. The number of benzene rings is 1. The Morgan fingerprint density at radius 3 is 3.00 bits per heavy atom. The van der Waals surface area contributed by atoms with E-state index in [9.17, 15) is 0 Å². The van der Waals surface area contributed by atoms with Crippen LogP contribution in [0.25, 0.3) is 0 Å². The van der Waals surface area contributed by atoms with Crippen LogP contribution in [-0.4, -0.2) is 14.8 Å². The van der Waals surface area contributed by atoms with Crippen molar-refractivity contribution in [3.05, 3.63) is 40.4 Å². The molecule has 0 saturated heterocycles. The summed E-state index contributed by atoms with van der Waals surface area (Å²) in [6, 6.07) is 5.76. The predicted octanol–water partition coefficient (Wildman–Crippen LogP) is 2.10. The lowest BCUT2D eigenvalue weighted by molar-refractivity contribution is 0.287. The molecule has 0 fully saturated rings. The Labute approximate surface area is 114 Å². The third kappa shape index (κ3) is 2.88. The van der Waals surface area contributed by atoms with Gasteiger partial charge in [0.05, 0.1) is 0 Å².